The molecule has 3 rings (SSSR count). The third kappa shape index (κ3) is 3.84. The second kappa shape index (κ2) is 7.51. The van der Waals surface area contributed by atoms with Gasteiger partial charge in [-0.25, -0.2) is 0 Å². The van der Waals surface area contributed by atoms with E-state index in [2.05, 4.69) is 34.3 Å². The van der Waals surface area contributed by atoms with E-state index in [4.69, 9.17) is 0 Å². The summed E-state index contributed by atoms with van der Waals surface area (Å²) < 4.78 is 1.95. The van der Waals surface area contributed by atoms with Crippen molar-refractivity contribution in [2.24, 2.45) is 7.05 Å². The maximum atomic E-state index is 12.7. The lowest BCUT2D eigenvalue weighted by atomic mass is 9.95. The van der Waals surface area contributed by atoms with Crippen LogP contribution in [0.25, 0.3) is 0 Å². The Hall–Kier alpha value is -1.96. The summed E-state index contributed by atoms with van der Waals surface area (Å²) in [5, 5.41) is 11.0. The number of rotatable bonds is 4. The summed E-state index contributed by atoms with van der Waals surface area (Å²) in [5.41, 5.74) is 0. The van der Waals surface area contributed by atoms with Crippen LogP contribution in [0.2, 0.25) is 0 Å². The highest BCUT2D eigenvalue weighted by molar-refractivity contribution is 5.89. The van der Waals surface area contributed by atoms with Crippen molar-refractivity contribution in [3.8, 4) is 0 Å². The smallest absolute Gasteiger partial charge is 0.237 e. The summed E-state index contributed by atoms with van der Waals surface area (Å²) >= 11 is 0. The molecule has 1 aromatic rings. The summed E-state index contributed by atoms with van der Waals surface area (Å²) in [6.45, 7) is 7.03. The molecule has 0 aliphatic carbocycles. The van der Waals surface area contributed by atoms with E-state index in [1.165, 1.54) is 0 Å². The molecule has 1 atom stereocenters. The van der Waals surface area contributed by atoms with Crippen LogP contribution in [0.5, 0.6) is 0 Å². The van der Waals surface area contributed by atoms with Crippen LogP contribution in [0.4, 0.5) is 0 Å². The molecule has 2 fully saturated rings. The maximum absolute atomic E-state index is 12.7. The molecule has 0 radical (unpaired) electrons. The first kappa shape index (κ1) is 17.8. The van der Waals surface area contributed by atoms with Crippen molar-refractivity contribution in [3.63, 3.8) is 0 Å². The van der Waals surface area contributed by atoms with Crippen molar-refractivity contribution < 1.29 is 9.59 Å². The Morgan fingerprint density at radius 3 is 2.64 bits per heavy atom. The molecule has 25 heavy (non-hydrogen) atoms. The number of nitrogens with one attached hydrogen (secondary N) is 1. The van der Waals surface area contributed by atoms with E-state index in [0.29, 0.717) is 25.6 Å². The lowest BCUT2D eigenvalue weighted by molar-refractivity contribution is -0.140. The molecule has 138 valence electrons. The molecule has 1 N–H and O–H groups in total. The lowest BCUT2D eigenvalue weighted by Gasteiger charge is -2.39. The Morgan fingerprint density at radius 2 is 2.04 bits per heavy atom. The molecule has 2 saturated heterocycles. The van der Waals surface area contributed by atoms with Crippen molar-refractivity contribution in [3.05, 3.63) is 12.2 Å². The van der Waals surface area contributed by atoms with Gasteiger partial charge in [-0.3, -0.25) is 14.5 Å². The Bertz CT molecular complexity index is 620. The van der Waals surface area contributed by atoms with E-state index in [-0.39, 0.29) is 30.3 Å². The third-order valence-corrected chi connectivity index (χ3v) is 5.36. The number of hydrogen-bond donors (Lipinski definition) is 1. The van der Waals surface area contributed by atoms with Gasteiger partial charge in [-0.15, -0.1) is 10.2 Å². The fourth-order valence-electron chi connectivity index (χ4n) is 3.90. The molecule has 0 saturated carbocycles. The molecule has 0 aromatic carbocycles. The number of carbonyl (C=O) groups excluding carboxylic acids is 2. The van der Waals surface area contributed by atoms with E-state index >= 15 is 0 Å². The lowest BCUT2D eigenvalue weighted by Crippen LogP contribution is -2.58. The molecule has 0 spiro atoms. The van der Waals surface area contributed by atoms with Crippen LogP contribution in [-0.4, -0.2) is 74.6 Å². The minimum absolute atomic E-state index is 0.0257. The molecule has 2 amide bonds. The van der Waals surface area contributed by atoms with Crippen LogP contribution in [0, 0.1) is 0 Å². The van der Waals surface area contributed by atoms with Gasteiger partial charge in [0, 0.05) is 45.2 Å². The quantitative estimate of drug-likeness (QED) is 0.836. The zero-order chi connectivity index (χ0) is 18.0. The van der Waals surface area contributed by atoms with Gasteiger partial charge in [-0.2, -0.15) is 0 Å². The van der Waals surface area contributed by atoms with Crippen LogP contribution in [0.15, 0.2) is 6.33 Å². The van der Waals surface area contributed by atoms with Crippen LogP contribution in [0.1, 0.15) is 44.9 Å². The van der Waals surface area contributed by atoms with E-state index in [9.17, 15) is 9.59 Å². The number of piperazine rings is 1. The van der Waals surface area contributed by atoms with Crippen LogP contribution in [-0.2, 0) is 16.6 Å². The zero-order valence-corrected chi connectivity index (χ0v) is 15.3. The molecule has 1 aromatic heterocycles. The number of amides is 2. The summed E-state index contributed by atoms with van der Waals surface area (Å²) in [5.74, 6) is 1.39. The van der Waals surface area contributed by atoms with Gasteiger partial charge in [0.05, 0.1) is 12.5 Å². The number of likely N-dealkylation sites (tertiary alicyclic amines) is 1. The molecule has 0 bridgehead atoms. The Kier molecular flexibility index (Phi) is 5.36. The van der Waals surface area contributed by atoms with E-state index in [1.54, 1.807) is 6.33 Å². The molecular weight excluding hydrogens is 320 g/mol. The predicted octanol–water partition coefficient (Wildman–Crippen LogP) is 0.120. The number of hydrogen-bond acceptors (Lipinski definition) is 5. The van der Waals surface area contributed by atoms with Crippen LogP contribution >= 0.6 is 0 Å². The first-order chi connectivity index (χ1) is 12.0. The second-order valence-corrected chi connectivity index (χ2v) is 7.30. The molecular formula is C17H28N6O2. The standard InChI is InChI=1S/C17H28N6O2/c1-12(2)23-9-6-18-17(25)14(23)10-15(24)22-7-4-13(5-8-22)16-20-19-11-21(16)3/h11-14H,4-10H2,1-3H3,(H,18,25)/t14-/m1/s1. The van der Waals surface area contributed by atoms with Gasteiger partial charge in [-0.05, 0) is 26.7 Å². The number of nitrogens with zero attached hydrogens (tertiary/aromatic N) is 5. The van der Waals surface area contributed by atoms with Crippen molar-refractivity contribution >= 4 is 11.8 Å². The molecule has 3 heterocycles. The van der Waals surface area contributed by atoms with Gasteiger partial charge >= 0.3 is 0 Å². The van der Waals surface area contributed by atoms with E-state index in [1.807, 2.05) is 16.5 Å². The van der Waals surface area contributed by atoms with Crippen molar-refractivity contribution in [2.45, 2.75) is 51.1 Å². The van der Waals surface area contributed by atoms with Crippen molar-refractivity contribution in [1.29, 1.82) is 0 Å². The topological polar surface area (TPSA) is 83.4 Å². The average Bonchev–Trinajstić information content (AvgIpc) is 3.02. The zero-order valence-electron chi connectivity index (χ0n) is 15.3. The molecule has 8 nitrogen and oxygen atoms in total. The summed E-state index contributed by atoms with van der Waals surface area (Å²) in [6, 6.07) is -0.0942. The molecule has 2 aliphatic rings. The highest BCUT2D eigenvalue weighted by Crippen LogP contribution is 2.27. The maximum Gasteiger partial charge on any atom is 0.237 e. The van der Waals surface area contributed by atoms with Gasteiger partial charge in [0.25, 0.3) is 0 Å². The Labute approximate surface area is 148 Å². The molecule has 0 unspecified atom stereocenters. The van der Waals surface area contributed by atoms with Gasteiger partial charge in [0.2, 0.25) is 11.8 Å². The summed E-state index contributed by atoms with van der Waals surface area (Å²) in [7, 11) is 1.95. The predicted molar refractivity (Wildman–Crippen MR) is 92.8 cm³/mol. The number of aromatic nitrogens is 3. The van der Waals surface area contributed by atoms with Crippen LogP contribution in [0.3, 0.4) is 0 Å². The fraction of sp³-hybridized carbons (Fsp3) is 0.765. The highest BCUT2D eigenvalue weighted by atomic mass is 16.2. The highest BCUT2D eigenvalue weighted by Gasteiger charge is 2.35. The van der Waals surface area contributed by atoms with Gasteiger partial charge in [0.1, 0.15) is 12.2 Å². The minimum atomic E-state index is -0.349. The normalized spacial score (nSPS) is 23.1. The molecule has 2 aliphatic heterocycles. The summed E-state index contributed by atoms with van der Waals surface area (Å²) in [6.07, 6.45) is 3.76. The largest absolute Gasteiger partial charge is 0.353 e. The third-order valence-electron chi connectivity index (χ3n) is 5.36. The number of carbonyl (C=O) groups is 2. The Morgan fingerprint density at radius 1 is 1.32 bits per heavy atom. The minimum Gasteiger partial charge on any atom is -0.353 e. The Balaban J connectivity index is 1.57. The monoisotopic (exact) mass is 348 g/mol. The van der Waals surface area contributed by atoms with Gasteiger partial charge in [0.15, 0.2) is 0 Å². The van der Waals surface area contributed by atoms with E-state index < -0.39 is 0 Å². The van der Waals surface area contributed by atoms with Gasteiger partial charge < -0.3 is 14.8 Å². The SMILES string of the molecule is CC(C)N1CCNC(=O)[C@H]1CC(=O)N1CCC(c2nncn2C)CC1. The first-order valence-electron chi connectivity index (χ1n) is 9.12. The fourth-order valence-corrected chi connectivity index (χ4v) is 3.90. The first-order valence-corrected chi connectivity index (χ1v) is 9.12. The van der Waals surface area contributed by atoms with Gasteiger partial charge in [-0.1, -0.05) is 0 Å². The summed E-state index contributed by atoms with van der Waals surface area (Å²) in [4.78, 5) is 29.0. The molecule has 8 heteroatoms. The average molecular weight is 348 g/mol. The van der Waals surface area contributed by atoms with Crippen molar-refractivity contribution in [2.75, 3.05) is 26.2 Å². The number of piperidine rings is 1. The number of aryl methyl sites for hydroxylation is 1. The van der Waals surface area contributed by atoms with Crippen LogP contribution < -0.4 is 5.32 Å². The van der Waals surface area contributed by atoms with E-state index in [0.717, 1.165) is 25.2 Å². The second-order valence-electron chi connectivity index (χ2n) is 7.30. The van der Waals surface area contributed by atoms with Crippen molar-refractivity contribution in [1.82, 2.24) is 29.9 Å².